The van der Waals surface area contributed by atoms with E-state index in [2.05, 4.69) is 48.0 Å². The summed E-state index contributed by atoms with van der Waals surface area (Å²) in [6, 6.07) is 22.1. The van der Waals surface area contributed by atoms with Crippen LogP contribution in [0.15, 0.2) is 66.7 Å². The number of ether oxygens (including phenoxy) is 1. The van der Waals surface area contributed by atoms with E-state index >= 15 is 0 Å². The predicted molar refractivity (Wildman–Crippen MR) is 133 cm³/mol. The van der Waals surface area contributed by atoms with Gasteiger partial charge in [-0.05, 0) is 68.7 Å². The molecule has 0 aliphatic heterocycles. The highest BCUT2D eigenvalue weighted by atomic mass is 16.5. The van der Waals surface area contributed by atoms with E-state index in [4.69, 9.17) is 9.72 Å². The van der Waals surface area contributed by atoms with Gasteiger partial charge < -0.3 is 14.6 Å². The number of para-hydroxylation sites is 2. The molecule has 4 aromatic rings. The fourth-order valence-corrected chi connectivity index (χ4v) is 4.01. The van der Waals surface area contributed by atoms with E-state index in [1.165, 1.54) is 5.56 Å². The molecular formula is C28H31N3O2. The van der Waals surface area contributed by atoms with Gasteiger partial charge in [0.2, 0.25) is 0 Å². The molecule has 4 rings (SSSR count). The molecule has 1 heterocycles. The largest absolute Gasteiger partial charge is 0.491 e. The number of aryl methyl sites for hydroxylation is 4. The van der Waals surface area contributed by atoms with E-state index in [0.29, 0.717) is 18.7 Å². The summed E-state index contributed by atoms with van der Waals surface area (Å²) in [4.78, 5) is 17.2. The lowest BCUT2D eigenvalue weighted by Gasteiger charge is -2.13. The van der Waals surface area contributed by atoms with Gasteiger partial charge in [-0.1, -0.05) is 42.0 Å². The molecular weight excluding hydrogens is 410 g/mol. The first kappa shape index (κ1) is 22.6. The Morgan fingerprint density at radius 2 is 1.79 bits per heavy atom. The van der Waals surface area contributed by atoms with Gasteiger partial charge in [0.25, 0.3) is 5.91 Å². The van der Waals surface area contributed by atoms with Crippen LogP contribution in [0.25, 0.3) is 11.0 Å². The van der Waals surface area contributed by atoms with Crippen molar-refractivity contribution in [3.05, 3.63) is 94.8 Å². The molecule has 0 fully saturated rings. The van der Waals surface area contributed by atoms with Crippen molar-refractivity contribution < 1.29 is 9.53 Å². The number of aromatic nitrogens is 2. The van der Waals surface area contributed by atoms with Gasteiger partial charge >= 0.3 is 0 Å². The number of fused-ring (bicyclic) bond motifs is 1. The van der Waals surface area contributed by atoms with Crippen LogP contribution < -0.4 is 10.1 Å². The third-order valence-corrected chi connectivity index (χ3v) is 5.79. The van der Waals surface area contributed by atoms with Crippen molar-refractivity contribution in [1.82, 2.24) is 14.9 Å². The summed E-state index contributed by atoms with van der Waals surface area (Å²) in [5.74, 6) is 1.92. The summed E-state index contributed by atoms with van der Waals surface area (Å²) in [5, 5.41) is 3.03. The monoisotopic (exact) mass is 441 g/mol. The molecule has 0 unspecified atom stereocenters. The van der Waals surface area contributed by atoms with Crippen molar-refractivity contribution in [2.24, 2.45) is 0 Å². The molecule has 5 heteroatoms. The first-order valence-corrected chi connectivity index (χ1v) is 11.5. The Morgan fingerprint density at radius 1 is 0.970 bits per heavy atom. The average Bonchev–Trinajstić information content (AvgIpc) is 3.16. The van der Waals surface area contributed by atoms with Crippen LogP contribution in [0.2, 0.25) is 0 Å². The molecule has 0 bridgehead atoms. The standard InChI is InChI=1S/C28H31N3O2/c1-20-8-6-9-23(18-20)28(32)29-15-7-12-27-30-24-10-4-5-11-25(24)31(27)16-17-33-26-19-21(2)13-14-22(26)3/h4-6,8-11,13-14,18-19H,7,12,15-17H2,1-3H3,(H,29,32). The lowest BCUT2D eigenvalue weighted by Crippen LogP contribution is -2.25. The fourth-order valence-electron chi connectivity index (χ4n) is 4.01. The molecule has 0 saturated heterocycles. The van der Waals surface area contributed by atoms with Crippen LogP contribution in [0.5, 0.6) is 5.75 Å². The molecule has 0 saturated carbocycles. The second-order valence-electron chi connectivity index (χ2n) is 8.51. The van der Waals surface area contributed by atoms with Crippen LogP contribution in [-0.4, -0.2) is 28.6 Å². The molecule has 170 valence electrons. The maximum absolute atomic E-state index is 12.4. The SMILES string of the molecule is Cc1cccc(C(=O)NCCCc2nc3ccccc3n2CCOc2cc(C)ccc2C)c1. The summed E-state index contributed by atoms with van der Waals surface area (Å²) >= 11 is 0. The van der Waals surface area contributed by atoms with Crippen molar-refractivity contribution in [2.45, 2.75) is 40.2 Å². The minimum absolute atomic E-state index is 0.0332. The van der Waals surface area contributed by atoms with Gasteiger partial charge in [0.1, 0.15) is 18.2 Å². The maximum atomic E-state index is 12.4. The summed E-state index contributed by atoms with van der Waals surface area (Å²) in [6.45, 7) is 8.03. The van der Waals surface area contributed by atoms with Gasteiger partial charge in [-0.25, -0.2) is 4.98 Å². The Labute approximate surface area is 195 Å². The van der Waals surface area contributed by atoms with Gasteiger partial charge in [0.15, 0.2) is 0 Å². The Bertz CT molecular complexity index is 1260. The van der Waals surface area contributed by atoms with Gasteiger partial charge in [-0.2, -0.15) is 0 Å². The van der Waals surface area contributed by atoms with Crippen molar-refractivity contribution >= 4 is 16.9 Å². The number of carbonyl (C=O) groups is 1. The highest BCUT2D eigenvalue weighted by Gasteiger charge is 2.11. The number of carbonyl (C=O) groups excluding carboxylic acids is 1. The number of amides is 1. The first-order chi connectivity index (χ1) is 16.0. The van der Waals surface area contributed by atoms with Crippen molar-refractivity contribution in [1.29, 1.82) is 0 Å². The third kappa shape index (κ3) is 5.61. The van der Waals surface area contributed by atoms with Crippen LogP contribution in [0.3, 0.4) is 0 Å². The summed E-state index contributed by atoms with van der Waals surface area (Å²) in [7, 11) is 0. The summed E-state index contributed by atoms with van der Waals surface area (Å²) < 4.78 is 8.34. The van der Waals surface area contributed by atoms with Gasteiger partial charge in [-0.3, -0.25) is 4.79 Å². The Morgan fingerprint density at radius 3 is 2.64 bits per heavy atom. The van der Waals surface area contributed by atoms with E-state index in [0.717, 1.165) is 53.1 Å². The molecule has 0 radical (unpaired) electrons. The van der Waals surface area contributed by atoms with Crippen LogP contribution in [0.1, 0.15) is 39.3 Å². The molecule has 0 atom stereocenters. The van der Waals surface area contributed by atoms with Gasteiger partial charge in [0, 0.05) is 18.5 Å². The normalized spacial score (nSPS) is 11.0. The van der Waals surface area contributed by atoms with Crippen LogP contribution in [0, 0.1) is 20.8 Å². The van der Waals surface area contributed by atoms with Crippen LogP contribution in [0.4, 0.5) is 0 Å². The zero-order valence-electron chi connectivity index (χ0n) is 19.6. The molecule has 1 aromatic heterocycles. The maximum Gasteiger partial charge on any atom is 0.251 e. The quantitative estimate of drug-likeness (QED) is 0.354. The summed E-state index contributed by atoms with van der Waals surface area (Å²) in [6.07, 6.45) is 1.60. The van der Waals surface area contributed by atoms with Crippen molar-refractivity contribution in [3.8, 4) is 5.75 Å². The highest BCUT2D eigenvalue weighted by Crippen LogP contribution is 2.21. The molecule has 1 N–H and O–H groups in total. The minimum Gasteiger partial charge on any atom is -0.491 e. The third-order valence-electron chi connectivity index (χ3n) is 5.79. The second-order valence-corrected chi connectivity index (χ2v) is 8.51. The molecule has 0 aliphatic rings. The number of hydrogen-bond acceptors (Lipinski definition) is 3. The Kier molecular flexibility index (Phi) is 7.08. The zero-order valence-corrected chi connectivity index (χ0v) is 19.6. The number of rotatable bonds is 9. The number of benzene rings is 3. The second kappa shape index (κ2) is 10.3. The zero-order chi connectivity index (χ0) is 23.2. The van der Waals surface area contributed by atoms with E-state index in [9.17, 15) is 4.79 Å². The fraction of sp³-hybridized carbons (Fsp3) is 0.286. The number of nitrogens with one attached hydrogen (secondary N) is 1. The van der Waals surface area contributed by atoms with E-state index in [1.807, 2.05) is 49.4 Å². The highest BCUT2D eigenvalue weighted by molar-refractivity contribution is 5.94. The Balaban J connectivity index is 1.38. The van der Waals surface area contributed by atoms with Crippen LogP contribution in [-0.2, 0) is 13.0 Å². The topological polar surface area (TPSA) is 56.2 Å². The first-order valence-electron chi connectivity index (χ1n) is 11.5. The van der Waals surface area contributed by atoms with Crippen molar-refractivity contribution in [3.63, 3.8) is 0 Å². The lowest BCUT2D eigenvalue weighted by molar-refractivity contribution is 0.0953. The molecule has 0 aliphatic carbocycles. The van der Waals surface area contributed by atoms with E-state index < -0.39 is 0 Å². The minimum atomic E-state index is -0.0332. The van der Waals surface area contributed by atoms with E-state index in [-0.39, 0.29) is 5.91 Å². The smallest absolute Gasteiger partial charge is 0.251 e. The molecule has 0 spiro atoms. The predicted octanol–water partition coefficient (Wildman–Crippen LogP) is 5.40. The Hall–Kier alpha value is -3.60. The lowest BCUT2D eigenvalue weighted by atomic mass is 10.1. The molecule has 33 heavy (non-hydrogen) atoms. The van der Waals surface area contributed by atoms with Gasteiger partial charge in [0.05, 0.1) is 17.6 Å². The number of hydrogen-bond donors (Lipinski definition) is 1. The van der Waals surface area contributed by atoms with E-state index in [1.54, 1.807) is 0 Å². The van der Waals surface area contributed by atoms with Crippen molar-refractivity contribution in [2.75, 3.05) is 13.2 Å². The van der Waals surface area contributed by atoms with Crippen LogP contribution >= 0.6 is 0 Å². The number of nitrogens with zero attached hydrogens (tertiary/aromatic N) is 2. The molecule has 3 aromatic carbocycles. The number of imidazole rings is 1. The molecule has 5 nitrogen and oxygen atoms in total. The van der Waals surface area contributed by atoms with Gasteiger partial charge in [-0.15, -0.1) is 0 Å². The molecule has 1 amide bonds. The summed E-state index contributed by atoms with van der Waals surface area (Å²) in [5.41, 5.74) is 6.21. The average molecular weight is 442 g/mol.